The zero-order valence-corrected chi connectivity index (χ0v) is 12.7. The second-order valence-corrected chi connectivity index (χ2v) is 5.87. The summed E-state index contributed by atoms with van der Waals surface area (Å²) in [6.45, 7) is 7.71. The van der Waals surface area contributed by atoms with Crippen molar-refractivity contribution in [3.63, 3.8) is 0 Å². The standard InChI is InChI=1S/C14H22N4O2/c1-6-11-12(19)15-14(3,4)13(20)18(11)8-10-7-9(2)16-17(10)5/h7,11H,6,8H2,1-5H3,(H,15,19). The molecule has 2 amide bonds. The quantitative estimate of drug-likeness (QED) is 0.887. The van der Waals surface area contributed by atoms with Crippen molar-refractivity contribution in [1.82, 2.24) is 20.0 Å². The Hall–Kier alpha value is -1.85. The first-order valence-corrected chi connectivity index (χ1v) is 6.89. The van der Waals surface area contributed by atoms with Crippen LogP contribution in [0.25, 0.3) is 0 Å². The van der Waals surface area contributed by atoms with Crippen LogP contribution in [0.2, 0.25) is 0 Å². The normalized spacial score (nSPS) is 22.1. The van der Waals surface area contributed by atoms with Crippen LogP contribution in [0.1, 0.15) is 38.6 Å². The van der Waals surface area contributed by atoms with Gasteiger partial charge in [-0.05, 0) is 33.3 Å². The largest absolute Gasteiger partial charge is 0.340 e. The van der Waals surface area contributed by atoms with Crippen molar-refractivity contribution in [2.75, 3.05) is 0 Å². The lowest BCUT2D eigenvalue weighted by Crippen LogP contribution is -2.67. The molecule has 1 unspecified atom stereocenters. The highest BCUT2D eigenvalue weighted by molar-refractivity contribution is 5.99. The highest BCUT2D eigenvalue weighted by Gasteiger charge is 2.44. The Balaban J connectivity index is 2.32. The van der Waals surface area contributed by atoms with Crippen molar-refractivity contribution in [1.29, 1.82) is 0 Å². The van der Waals surface area contributed by atoms with Crippen molar-refractivity contribution < 1.29 is 9.59 Å². The van der Waals surface area contributed by atoms with E-state index in [2.05, 4.69) is 10.4 Å². The fourth-order valence-corrected chi connectivity index (χ4v) is 2.66. The van der Waals surface area contributed by atoms with Crippen molar-refractivity contribution in [2.45, 2.75) is 52.2 Å². The SMILES string of the molecule is CCC1C(=O)NC(C)(C)C(=O)N1Cc1cc(C)nn1C. The molecule has 0 bridgehead atoms. The van der Waals surface area contributed by atoms with Gasteiger partial charge in [0.25, 0.3) is 0 Å². The van der Waals surface area contributed by atoms with Crippen molar-refractivity contribution in [3.05, 3.63) is 17.5 Å². The number of aryl methyl sites for hydroxylation is 2. The lowest BCUT2D eigenvalue weighted by Gasteiger charge is -2.42. The maximum absolute atomic E-state index is 12.6. The highest BCUT2D eigenvalue weighted by atomic mass is 16.2. The van der Waals surface area contributed by atoms with E-state index in [1.807, 2.05) is 27.0 Å². The molecule has 20 heavy (non-hydrogen) atoms. The highest BCUT2D eigenvalue weighted by Crippen LogP contribution is 2.22. The number of amides is 2. The molecule has 0 aromatic carbocycles. The predicted molar refractivity (Wildman–Crippen MR) is 74.8 cm³/mol. The molecule has 1 aromatic rings. The number of rotatable bonds is 3. The molecule has 0 spiro atoms. The monoisotopic (exact) mass is 278 g/mol. The first kappa shape index (κ1) is 14.6. The Morgan fingerprint density at radius 2 is 2.05 bits per heavy atom. The Kier molecular flexibility index (Phi) is 3.58. The molecule has 110 valence electrons. The van der Waals surface area contributed by atoms with E-state index in [9.17, 15) is 9.59 Å². The first-order chi connectivity index (χ1) is 9.26. The molecule has 0 saturated carbocycles. The van der Waals surface area contributed by atoms with Crippen LogP contribution in [0.5, 0.6) is 0 Å². The van der Waals surface area contributed by atoms with Crippen LogP contribution in [0, 0.1) is 6.92 Å². The first-order valence-electron chi connectivity index (χ1n) is 6.89. The summed E-state index contributed by atoms with van der Waals surface area (Å²) in [5.41, 5.74) is 0.986. The minimum Gasteiger partial charge on any atom is -0.340 e. The van der Waals surface area contributed by atoms with E-state index in [-0.39, 0.29) is 11.8 Å². The van der Waals surface area contributed by atoms with Gasteiger partial charge in [-0.1, -0.05) is 6.92 Å². The van der Waals surface area contributed by atoms with Gasteiger partial charge in [-0.25, -0.2) is 0 Å². The Labute approximate surface area is 119 Å². The van der Waals surface area contributed by atoms with Crippen LogP contribution in [0.4, 0.5) is 0 Å². The Morgan fingerprint density at radius 3 is 2.55 bits per heavy atom. The summed E-state index contributed by atoms with van der Waals surface area (Å²) in [6, 6.07) is 1.53. The third-order valence-electron chi connectivity index (χ3n) is 3.73. The van der Waals surface area contributed by atoms with Gasteiger partial charge in [-0.3, -0.25) is 14.3 Å². The third kappa shape index (κ3) is 2.42. The third-order valence-corrected chi connectivity index (χ3v) is 3.73. The van der Waals surface area contributed by atoms with Gasteiger partial charge in [-0.2, -0.15) is 5.10 Å². The van der Waals surface area contributed by atoms with Crippen LogP contribution in [-0.4, -0.2) is 38.1 Å². The Bertz CT molecular complexity index is 547. The molecule has 2 heterocycles. The van der Waals surface area contributed by atoms with E-state index in [4.69, 9.17) is 0 Å². The maximum atomic E-state index is 12.6. The van der Waals surface area contributed by atoms with Crippen LogP contribution < -0.4 is 5.32 Å². The fourth-order valence-electron chi connectivity index (χ4n) is 2.66. The molecule has 6 heteroatoms. The Morgan fingerprint density at radius 1 is 1.40 bits per heavy atom. The molecule has 1 fully saturated rings. The molecule has 1 aliphatic heterocycles. The molecular formula is C14H22N4O2. The lowest BCUT2D eigenvalue weighted by atomic mass is 9.95. The van der Waals surface area contributed by atoms with Gasteiger partial charge in [0.2, 0.25) is 11.8 Å². The molecule has 1 atom stereocenters. The number of nitrogens with one attached hydrogen (secondary N) is 1. The van der Waals surface area contributed by atoms with E-state index >= 15 is 0 Å². The molecule has 2 rings (SSSR count). The molecule has 1 saturated heterocycles. The predicted octanol–water partition coefficient (Wildman–Crippen LogP) is 0.744. The van der Waals surface area contributed by atoms with E-state index in [1.54, 1.807) is 23.4 Å². The van der Waals surface area contributed by atoms with E-state index in [1.165, 1.54) is 0 Å². The average molecular weight is 278 g/mol. The number of carbonyl (C=O) groups excluding carboxylic acids is 2. The molecule has 0 aliphatic carbocycles. The molecule has 1 aromatic heterocycles. The number of hydrogen-bond donors (Lipinski definition) is 1. The van der Waals surface area contributed by atoms with Gasteiger partial charge < -0.3 is 10.2 Å². The summed E-state index contributed by atoms with van der Waals surface area (Å²) in [5, 5.41) is 7.08. The maximum Gasteiger partial charge on any atom is 0.248 e. The van der Waals surface area contributed by atoms with E-state index in [0.29, 0.717) is 13.0 Å². The molecular weight excluding hydrogens is 256 g/mol. The average Bonchev–Trinajstić information content (AvgIpc) is 2.64. The summed E-state index contributed by atoms with van der Waals surface area (Å²) in [6.07, 6.45) is 0.602. The summed E-state index contributed by atoms with van der Waals surface area (Å²) < 4.78 is 1.76. The summed E-state index contributed by atoms with van der Waals surface area (Å²) >= 11 is 0. The van der Waals surface area contributed by atoms with Crippen LogP contribution >= 0.6 is 0 Å². The zero-order chi connectivity index (χ0) is 15.1. The summed E-state index contributed by atoms with van der Waals surface area (Å²) in [5.74, 6) is -0.140. The van der Waals surface area contributed by atoms with Crippen molar-refractivity contribution >= 4 is 11.8 Å². The molecule has 0 radical (unpaired) electrons. The molecule has 6 nitrogen and oxygen atoms in total. The molecule has 1 aliphatic rings. The van der Waals surface area contributed by atoms with Gasteiger partial charge in [0.1, 0.15) is 11.6 Å². The van der Waals surface area contributed by atoms with Crippen LogP contribution in [-0.2, 0) is 23.2 Å². The number of hydrogen-bond acceptors (Lipinski definition) is 3. The number of aromatic nitrogens is 2. The number of carbonyl (C=O) groups is 2. The number of piperazine rings is 1. The van der Waals surface area contributed by atoms with E-state index < -0.39 is 11.6 Å². The van der Waals surface area contributed by atoms with Crippen molar-refractivity contribution in [2.24, 2.45) is 7.05 Å². The second-order valence-electron chi connectivity index (χ2n) is 5.87. The fraction of sp³-hybridized carbons (Fsp3) is 0.643. The second kappa shape index (κ2) is 4.92. The van der Waals surface area contributed by atoms with E-state index in [0.717, 1.165) is 11.4 Å². The van der Waals surface area contributed by atoms with Gasteiger partial charge in [0, 0.05) is 7.05 Å². The van der Waals surface area contributed by atoms with Gasteiger partial charge in [0.15, 0.2) is 0 Å². The lowest BCUT2D eigenvalue weighted by molar-refractivity contribution is -0.154. The molecule has 1 N–H and O–H groups in total. The van der Waals surface area contributed by atoms with Gasteiger partial charge in [0.05, 0.1) is 17.9 Å². The van der Waals surface area contributed by atoms with Crippen molar-refractivity contribution in [3.8, 4) is 0 Å². The minimum absolute atomic E-state index is 0.0530. The minimum atomic E-state index is -0.851. The van der Waals surface area contributed by atoms with Gasteiger partial charge >= 0.3 is 0 Å². The smallest absolute Gasteiger partial charge is 0.248 e. The zero-order valence-electron chi connectivity index (χ0n) is 12.7. The van der Waals surface area contributed by atoms with Gasteiger partial charge in [-0.15, -0.1) is 0 Å². The summed E-state index contributed by atoms with van der Waals surface area (Å²) in [7, 11) is 1.85. The summed E-state index contributed by atoms with van der Waals surface area (Å²) in [4.78, 5) is 26.4. The van der Waals surface area contributed by atoms with Crippen LogP contribution in [0.3, 0.4) is 0 Å². The number of nitrogens with zero attached hydrogens (tertiary/aromatic N) is 3. The van der Waals surface area contributed by atoms with Crippen LogP contribution in [0.15, 0.2) is 6.07 Å². The topological polar surface area (TPSA) is 67.2 Å².